The minimum atomic E-state index is -1.25. The Hall–Kier alpha value is -4.08. The summed E-state index contributed by atoms with van der Waals surface area (Å²) < 4.78 is 27.6. The molecule has 7 nitrogen and oxygen atoms in total. The van der Waals surface area contributed by atoms with Gasteiger partial charge in [-0.05, 0) is 35.9 Å². The molecule has 0 aliphatic carbocycles. The number of H-pyrrole nitrogens is 1. The van der Waals surface area contributed by atoms with Crippen molar-refractivity contribution in [1.29, 1.82) is 0 Å². The van der Waals surface area contributed by atoms with E-state index in [0.717, 1.165) is 27.8 Å². The number of Topliss-reactive ketones (excluding diaryl/α,β-unsaturated/α-hetero) is 1. The quantitative estimate of drug-likeness (QED) is 0.339. The number of carbonyl (C=O) groups is 3. The van der Waals surface area contributed by atoms with Gasteiger partial charge in [-0.2, -0.15) is 0 Å². The molecule has 2 amide bonds. The maximum Gasteiger partial charge on any atom is 0.299 e. The van der Waals surface area contributed by atoms with Crippen molar-refractivity contribution in [1.82, 2.24) is 9.97 Å². The molecule has 0 unspecified atom stereocenters. The zero-order valence-electron chi connectivity index (χ0n) is 19.0. The molecule has 0 spiro atoms. The number of benzene rings is 3. The van der Waals surface area contributed by atoms with Crippen LogP contribution in [0.2, 0.25) is 5.02 Å². The lowest BCUT2D eigenvalue weighted by atomic mass is 10.1. The van der Waals surface area contributed by atoms with E-state index in [2.05, 4.69) is 9.97 Å². The summed E-state index contributed by atoms with van der Waals surface area (Å²) in [6.07, 6.45) is 3.29. The van der Waals surface area contributed by atoms with Gasteiger partial charge in [-0.15, -0.1) is 12.4 Å². The Morgan fingerprint density at radius 3 is 2.43 bits per heavy atom. The van der Waals surface area contributed by atoms with Crippen LogP contribution in [0.25, 0.3) is 11.3 Å². The van der Waals surface area contributed by atoms with Gasteiger partial charge in [0, 0.05) is 28.5 Å². The Kier molecular flexibility index (Phi) is 7.37. The highest BCUT2D eigenvalue weighted by molar-refractivity contribution is 6.52. The lowest BCUT2D eigenvalue weighted by Gasteiger charge is -2.26. The first-order valence-electron chi connectivity index (χ1n) is 10.8. The first kappa shape index (κ1) is 26.0. The Balaban J connectivity index is 0.00000320. The van der Waals surface area contributed by atoms with Gasteiger partial charge >= 0.3 is 0 Å². The Morgan fingerprint density at radius 1 is 1.03 bits per heavy atom. The molecule has 0 saturated carbocycles. The number of aromatic amines is 1. The van der Waals surface area contributed by atoms with Gasteiger partial charge in [-0.1, -0.05) is 35.9 Å². The first-order valence-corrected chi connectivity index (χ1v) is 11.2. The van der Waals surface area contributed by atoms with Gasteiger partial charge in [-0.25, -0.2) is 13.8 Å². The topological polar surface area (TPSA) is 86.4 Å². The number of imidazole rings is 1. The summed E-state index contributed by atoms with van der Waals surface area (Å²) in [7, 11) is 0. The molecular formula is C26H18Cl2F2N4O3. The predicted octanol–water partition coefficient (Wildman–Crippen LogP) is 5.19. The minimum absolute atomic E-state index is 0. The summed E-state index contributed by atoms with van der Waals surface area (Å²) in [5.74, 6) is -5.04. The number of rotatable bonds is 6. The van der Waals surface area contributed by atoms with E-state index in [1.54, 1.807) is 61.1 Å². The number of hydrogen-bond acceptors (Lipinski definition) is 4. The fraction of sp³-hybridized carbons (Fsp3) is 0.0769. The van der Waals surface area contributed by atoms with E-state index in [1.807, 2.05) is 0 Å². The molecule has 1 aliphatic rings. The van der Waals surface area contributed by atoms with Crippen molar-refractivity contribution in [2.45, 2.75) is 6.54 Å². The SMILES string of the molecule is Cl.O=C1C(=O)N(CC(=O)N(Cc2cccc(Cl)c2)c2ccc(-c3c[nH]cn3)cc2)c2cc(F)c(F)cc21. The molecule has 2 heterocycles. The molecule has 5 rings (SSSR count). The van der Waals surface area contributed by atoms with Crippen molar-refractivity contribution in [3.8, 4) is 11.3 Å². The van der Waals surface area contributed by atoms with Crippen LogP contribution in [0.4, 0.5) is 20.2 Å². The highest BCUT2D eigenvalue weighted by Gasteiger charge is 2.39. The molecule has 0 radical (unpaired) electrons. The maximum atomic E-state index is 13.9. The Labute approximate surface area is 221 Å². The number of nitrogens with one attached hydrogen (secondary N) is 1. The van der Waals surface area contributed by atoms with Crippen LogP contribution in [0, 0.1) is 11.6 Å². The monoisotopic (exact) mass is 542 g/mol. The highest BCUT2D eigenvalue weighted by Crippen LogP contribution is 2.32. The van der Waals surface area contributed by atoms with Crippen molar-refractivity contribution in [2.75, 3.05) is 16.3 Å². The summed E-state index contributed by atoms with van der Waals surface area (Å²) in [6.45, 7) is -0.438. The van der Waals surface area contributed by atoms with Crippen LogP contribution in [0.5, 0.6) is 0 Å². The maximum absolute atomic E-state index is 13.9. The molecule has 0 bridgehead atoms. The molecule has 3 aromatic carbocycles. The van der Waals surface area contributed by atoms with Crippen LogP contribution in [-0.2, 0) is 16.1 Å². The van der Waals surface area contributed by atoms with Gasteiger partial charge in [0.15, 0.2) is 11.6 Å². The highest BCUT2D eigenvalue weighted by atomic mass is 35.5. The molecule has 11 heteroatoms. The van der Waals surface area contributed by atoms with Gasteiger partial charge < -0.3 is 9.88 Å². The first-order chi connectivity index (χ1) is 17.3. The lowest BCUT2D eigenvalue weighted by Crippen LogP contribution is -2.42. The molecule has 0 atom stereocenters. The summed E-state index contributed by atoms with van der Waals surface area (Å²) >= 11 is 6.12. The molecule has 0 saturated heterocycles. The Bertz CT molecular complexity index is 1490. The van der Waals surface area contributed by atoms with Gasteiger partial charge in [0.25, 0.3) is 11.7 Å². The fourth-order valence-electron chi connectivity index (χ4n) is 4.04. The number of halogens is 4. The normalized spacial score (nSPS) is 12.4. The van der Waals surface area contributed by atoms with E-state index in [9.17, 15) is 23.2 Å². The number of hydrogen-bond donors (Lipinski definition) is 1. The van der Waals surface area contributed by atoms with Crippen LogP contribution in [0.15, 0.2) is 73.2 Å². The van der Waals surface area contributed by atoms with Gasteiger partial charge in [0.1, 0.15) is 6.54 Å². The summed E-state index contributed by atoms with van der Waals surface area (Å²) in [6, 6.07) is 15.4. The average Bonchev–Trinajstić information content (AvgIpc) is 3.48. The zero-order valence-corrected chi connectivity index (χ0v) is 20.5. The standard InChI is InChI=1S/C26H17ClF2N4O3.ClH/c27-17-3-1-2-15(8-17)12-32(18-6-4-16(5-7-18)22-11-30-14-31-22)24(34)13-33-23-10-21(29)20(28)9-19(23)25(35)26(33)36;/h1-11,14H,12-13H2,(H,30,31);1H. The number of nitrogens with zero attached hydrogens (tertiary/aromatic N) is 3. The van der Waals surface area contributed by atoms with E-state index in [1.165, 1.54) is 4.90 Å². The van der Waals surface area contributed by atoms with Crippen molar-refractivity contribution in [2.24, 2.45) is 0 Å². The van der Waals surface area contributed by atoms with Crippen LogP contribution in [0.3, 0.4) is 0 Å². The fourth-order valence-corrected chi connectivity index (χ4v) is 4.25. The van der Waals surface area contributed by atoms with Crippen molar-refractivity contribution in [3.63, 3.8) is 0 Å². The summed E-state index contributed by atoms with van der Waals surface area (Å²) in [4.78, 5) is 47.8. The van der Waals surface area contributed by atoms with Crippen LogP contribution < -0.4 is 9.80 Å². The molecular weight excluding hydrogens is 525 g/mol. The van der Waals surface area contributed by atoms with E-state index < -0.39 is 35.8 Å². The molecule has 0 fully saturated rings. The van der Waals surface area contributed by atoms with E-state index >= 15 is 0 Å². The van der Waals surface area contributed by atoms with Crippen molar-refractivity contribution < 1.29 is 23.2 Å². The number of amides is 2. The predicted molar refractivity (Wildman–Crippen MR) is 137 cm³/mol. The average molecular weight is 543 g/mol. The van der Waals surface area contributed by atoms with Crippen molar-refractivity contribution >= 4 is 53.0 Å². The largest absolute Gasteiger partial charge is 0.351 e. The van der Waals surface area contributed by atoms with Gasteiger partial charge in [0.2, 0.25) is 5.91 Å². The second kappa shape index (κ2) is 10.5. The smallest absolute Gasteiger partial charge is 0.299 e. The number of fused-ring (bicyclic) bond motifs is 1. The Morgan fingerprint density at radius 2 is 1.76 bits per heavy atom. The third kappa shape index (κ3) is 5.09. The second-order valence-corrected chi connectivity index (χ2v) is 8.55. The molecule has 1 aliphatic heterocycles. The summed E-state index contributed by atoms with van der Waals surface area (Å²) in [5.41, 5.74) is 2.36. The number of ketones is 1. The second-order valence-electron chi connectivity index (χ2n) is 8.12. The van der Waals surface area contributed by atoms with E-state index in [4.69, 9.17) is 11.6 Å². The number of anilines is 2. The van der Waals surface area contributed by atoms with Crippen LogP contribution in [0.1, 0.15) is 15.9 Å². The molecule has 1 aromatic heterocycles. The summed E-state index contributed by atoms with van der Waals surface area (Å²) in [5, 5.41) is 0.487. The van der Waals surface area contributed by atoms with Crippen LogP contribution in [-0.4, -0.2) is 34.1 Å². The van der Waals surface area contributed by atoms with Crippen molar-refractivity contribution in [3.05, 3.63) is 101 Å². The molecule has 1 N–H and O–H groups in total. The number of aromatic nitrogens is 2. The minimum Gasteiger partial charge on any atom is -0.351 e. The molecule has 4 aromatic rings. The van der Waals surface area contributed by atoms with Crippen LogP contribution >= 0.6 is 24.0 Å². The van der Waals surface area contributed by atoms with Gasteiger partial charge in [0.05, 0.1) is 29.8 Å². The van der Waals surface area contributed by atoms with E-state index in [0.29, 0.717) is 16.8 Å². The number of carbonyl (C=O) groups excluding carboxylic acids is 3. The third-order valence-electron chi connectivity index (χ3n) is 5.81. The lowest BCUT2D eigenvalue weighted by molar-refractivity contribution is -0.120. The van der Waals surface area contributed by atoms with Gasteiger partial charge in [-0.3, -0.25) is 19.3 Å². The molecule has 188 valence electrons. The zero-order chi connectivity index (χ0) is 25.4. The molecule has 37 heavy (non-hydrogen) atoms. The third-order valence-corrected chi connectivity index (χ3v) is 6.05. The van der Waals surface area contributed by atoms with E-state index in [-0.39, 0.29) is 30.2 Å².